The lowest BCUT2D eigenvalue weighted by Gasteiger charge is -2.74. The van der Waals surface area contributed by atoms with Gasteiger partial charge in [-0.1, -0.05) is 77.0 Å². The number of carbonyl (C=O) groups is 2. The Morgan fingerprint density at radius 1 is 0.386 bits per heavy atom. The first-order valence-corrected chi connectivity index (χ1v) is 19.9. The second-order valence-electron chi connectivity index (χ2n) is 17.5. The van der Waals surface area contributed by atoms with Crippen LogP contribution in [0.15, 0.2) is 0 Å². The molecule has 0 aromatic rings. The number of hydrogen-bond donors (Lipinski definition) is 2. The quantitative estimate of drug-likeness (QED) is 0.171. The highest BCUT2D eigenvalue weighted by Gasteiger charge is 2.69. The predicted molar refractivity (Wildman–Crippen MR) is 175 cm³/mol. The summed E-state index contributed by atoms with van der Waals surface area (Å²) in [6.07, 6.45) is 31.0. The lowest BCUT2D eigenvalue weighted by atomic mass is 9.30. The second-order valence-corrected chi connectivity index (χ2v) is 17.5. The zero-order valence-corrected chi connectivity index (χ0v) is 27.8. The van der Waals surface area contributed by atoms with Gasteiger partial charge in [-0.25, -0.2) is 0 Å². The summed E-state index contributed by atoms with van der Waals surface area (Å²) < 4.78 is 0. The smallest absolute Gasteiger partial charge is 0.303 e. The SMILES string of the molecule is O=C(O)CCCCCCC[C@@H]1CC[C@H]2[C@@H](C1)[C@@H]1[C@H]3CC[C@H]3[C@H]21.O=C(O)CCCCCCC[C@@H]1CC[C@H]2[C@@H](C1)[C@@H]1[C@H]3CC[C@H]3[C@H]21. The van der Waals surface area contributed by atoms with Crippen molar-refractivity contribution in [1.82, 2.24) is 0 Å². The minimum absolute atomic E-state index is 0.358. The Bertz CT molecular complexity index is 902. The molecule has 8 aliphatic rings. The zero-order chi connectivity index (χ0) is 30.2. The van der Waals surface area contributed by atoms with E-state index in [-0.39, 0.29) is 0 Å². The molecule has 0 spiro atoms. The van der Waals surface area contributed by atoms with Crippen LogP contribution in [0.3, 0.4) is 0 Å². The molecule has 8 aliphatic carbocycles. The van der Waals surface area contributed by atoms with Gasteiger partial charge in [0.2, 0.25) is 0 Å². The number of fused-ring (bicyclic) bond motifs is 14. The summed E-state index contributed by atoms with van der Waals surface area (Å²) in [5.41, 5.74) is 0. The van der Waals surface area contributed by atoms with Crippen molar-refractivity contribution in [2.24, 2.45) is 82.9 Å². The van der Waals surface area contributed by atoms with E-state index in [1.165, 1.54) is 112 Å². The molecule has 0 radical (unpaired) electrons. The van der Waals surface area contributed by atoms with Crippen molar-refractivity contribution in [2.45, 2.75) is 154 Å². The van der Waals surface area contributed by atoms with E-state index in [1.807, 2.05) is 0 Å². The highest BCUT2D eigenvalue weighted by atomic mass is 16.4. The molecule has 0 unspecified atom stereocenters. The molecule has 14 atom stereocenters. The van der Waals surface area contributed by atoms with Crippen molar-refractivity contribution in [3.05, 3.63) is 0 Å². The highest BCUT2D eigenvalue weighted by molar-refractivity contribution is 5.66. The Labute approximate surface area is 268 Å². The van der Waals surface area contributed by atoms with Gasteiger partial charge in [0.15, 0.2) is 0 Å². The molecule has 8 saturated carbocycles. The maximum atomic E-state index is 10.5. The fraction of sp³-hybridized carbons (Fsp3) is 0.950. The maximum Gasteiger partial charge on any atom is 0.303 e. The van der Waals surface area contributed by atoms with Gasteiger partial charge in [0, 0.05) is 12.8 Å². The van der Waals surface area contributed by atoms with Gasteiger partial charge >= 0.3 is 11.9 Å². The van der Waals surface area contributed by atoms with Gasteiger partial charge in [0.1, 0.15) is 0 Å². The number of unbranched alkanes of at least 4 members (excludes halogenated alkanes) is 8. The third-order valence-electron chi connectivity index (χ3n) is 15.7. The van der Waals surface area contributed by atoms with Gasteiger partial charge in [-0.05, 0) is 147 Å². The first-order valence-electron chi connectivity index (χ1n) is 19.9. The molecule has 0 saturated heterocycles. The van der Waals surface area contributed by atoms with Gasteiger partial charge in [-0.3, -0.25) is 9.59 Å². The monoisotopic (exact) mass is 608 g/mol. The molecular formula is C40H64O4. The number of carboxylic acids is 2. The summed E-state index contributed by atoms with van der Waals surface area (Å²) in [7, 11) is 0. The van der Waals surface area contributed by atoms with Gasteiger partial charge < -0.3 is 10.2 Å². The Morgan fingerprint density at radius 3 is 1.05 bits per heavy atom. The molecule has 2 N–H and O–H groups in total. The van der Waals surface area contributed by atoms with Crippen LogP contribution >= 0.6 is 0 Å². The van der Waals surface area contributed by atoms with Gasteiger partial charge in [0.25, 0.3) is 0 Å². The van der Waals surface area contributed by atoms with E-state index >= 15 is 0 Å². The van der Waals surface area contributed by atoms with Crippen LogP contribution in [-0.4, -0.2) is 22.2 Å². The fourth-order valence-electron chi connectivity index (χ4n) is 13.5. The van der Waals surface area contributed by atoms with Crippen LogP contribution in [0, 0.1) is 82.9 Å². The summed E-state index contributed by atoms with van der Waals surface area (Å²) in [6.45, 7) is 0. The summed E-state index contributed by atoms with van der Waals surface area (Å²) in [4.78, 5) is 20.9. The van der Waals surface area contributed by atoms with Crippen LogP contribution in [0.4, 0.5) is 0 Å². The zero-order valence-electron chi connectivity index (χ0n) is 27.8. The molecule has 0 bridgehead atoms. The summed E-state index contributed by atoms with van der Waals surface area (Å²) in [6, 6.07) is 0. The molecule has 248 valence electrons. The van der Waals surface area contributed by atoms with E-state index in [0.29, 0.717) is 12.8 Å². The highest BCUT2D eigenvalue weighted by Crippen LogP contribution is 2.75. The molecule has 0 aromatic heterocycles. The topological polar surface area (TPSA) is 74.6 Å². The fourth-order valence-corrected chi connectivity index (χ4v) is 13.5. The molecule has 0 aliphatic heterocycles. The summed E-state index contributed by atoms with van der Waals surface area (Å²) in [5.74, 6) is 14.9. The Morgan fingerprint density at radius 2 is 0.682 bits per heavy atom. The van der Waals surface area contributed by atoms with Crippen LogP contribution in [0.5, 0.6) is 0 Å². The van der Waals surface area contributed by atoms with Crippen LogP contribution in [0.25, 0.3) is 0 Å². The molecule has 44 heavy (non-hydrogen) atoms. The predicted octanol–water partition coefficient (Wildman–Crippen LogP) is 10.2. The van der Waals surface area contributed by atoms with Crippen molar-refractivity contribution < 1.29 is 19.8 Å². The third kappa shape index (κ3) is 6.16. The average molecular weight is 609 g/mol. The third-order valence-corrected chi connectivity index (χ3v) is 15.7. The minimum atomic E-state index is -0.639. The Kier molecular flexibility index (Phi) is 10.0. The summed E-state index contributed by atoms with van der Waals surface area (Å²) >= 11 is 0. The first kappa shape index (κ1) is 31.5. The molecule has 0 aromatic carbocycles. The minimum Gasteiger partial charge on any atom is -0.481 e. The van der Waals surface area contributed by atoms with E-state index in [4.69, 9.17) is 10.2 Å². The number of hydrogen-bond acceptors (Lipinski definition) is 2. The molecule has 0 amide bonds. The Hall–Kier alpha value is -1.06. The van der Waals surface area contributed by atoms with E-state index < -0.39 is 11.9 Å². The largest absolute Gasteiger partial charge is 0.481 e. The van der Waals surface area contributed by atoms with Crippen LogP contribution in [0.1, 0.15) is 154 Å². The van der Waals surface area contributed by atoms with Gasteiger partial charge in [-0.2, -0.15) is 0 Å². The molecule has 4 heteroatoms. The first-order chi connectivity index (χ1) is 21.5. The lowest BCUT2D eigenvalue weighted by Crippen LogP contribution is -2.69. The van der Waals surface area contributed by atoms with Crippen molar-refractivity contribution in [3.8, 4) is 0 Å². The van der Waals surface area contributed by atoms with Crippen molar-refractivity contribution in [3.63, 3.8) is 0 Å². The van der Waals surface area contributed by atoms with Crippen LogP contribution in [-0.2, 0) is 9.59 Å². The van der Waals surface area contributed by atoms with E-state index in [1.54, 1.807) is 51.4 Å². The standard InChI is InChI=1S/2C20H32O2/c2*21-18(22)7-5-3-1-2-4-6-13-8-9-16-17(12-13)20-15-11-10-14(15)19(16)20/h2*13-17,19-20H,1-12H2,(H,21,22)/t2*13-,14-,15+,16+,17-,19-,20+/m11/s1. The normalized spacial score (nSPS) is 44.6. The van der Waals surface area contributed by atoms with Crippen molar-refractivity contribution >= 4 is 11.9 Å². The summed E-state index contributed by atoms with van der Waals surface area (Å²) in [5, 5.41) is 17.2. The second kappa shape index (κ2) is 14.0. The van der Waals surface area contributed by atoms with Gasteiger partial charge in [-0.15, -0.1) is 0 Å². The van der Waals surface area contributed by atoms with E-state index in [9.17, 15) is 9.59 Å². The molecule has 0 heterocycles. The number of aliphatic carboxylic acids is 2. The average Bonchev–Trinajstić information content (AvgIpc) is 2.98. The molecule has 4 nitrogen and oxygen atoms in total. The number of carboxylic acid groups (broad SMARTS) is 2. The van der Waals surface area contributed by atoms with Crippen LogP contribution in [0.2, 0.25) is 0 Å². The van der Waals surface area contributed by atoms with Crippen molar-refractivity contribution in [1.29, 1.82) is 0 Å². The van der Waals surface area contributed by atoms with Gasteiger partial charge in [0.05, 0.1) is 0 Å². The maximum absolute atomic E-state index is 10.5. The number of rotatable bonds is 16. The molecular weight excluding hydrogens is 544 g/mol. The lowest BCUT2D eigenvalue weighted by molar-refractivity contribution is -0.264. The molecule has 8 rings (SSSR count). The van der Waals surface area contributed by atoms with E-state index in [0.717, 1.165) is 61.2 Å². The molecule has 8 fully saturated rings. The Balaban J connectivity index is 0.000000142. The van der Waals surface area contributed by atoms with E-state index in [2.05, 4.69) is 0 Å². The van der Waals surface area contributed by atoms with Crippen molar-refractivity contribution in [2.75, 3.05) is 0 Å². The van der Waals surface area contributed by atoms with Crippen LogP contribution < -0.4 is 0 Å².